The summed E-state index contributed by atoms with van der Waals surface area (Å²) in [5.41, 5.74) is 5.13. The summed E-state index contributed by atoms with van der Waals surface area (Å²) >= 11 is 0. The molecule has 3 aromatic carbocycles. The number of carbonyl (C=O) groups excluding carboxylic acids is 2. The highest BCUT2D eigenvalue weighted by molar-refractivity contribution is 6.11. The molecule has 9 heteroatoms. The molecule has 2 atom stereocenters. The van der Waals surface area contributed by atoms with E-state index in [-0.39, 0.29) is 17.4 Å². The molecule has 0 aromatic heterocycles. The number of aliphatic imine (C=N–C) groups is 1. The largest absolute Gasteiger partial charge is 0.493 e. The number of amidine groups is 1. The first-order chi connectivity index (χ1) is 24.6. The molecule has 2 fully saturated rings. The zero-order valence-electron chi connectivity index (χ0n) is 30.1. The summed E-state index contributed by atoms with van der Waals surface area (Å²) in [7, 11) is 0. The van der Waals surface area contributed by atoms with Crippen molar-refractivity contribution in [3.8, 4) is 30.4 Å². The topological polar surface area (TPSA) is 77.9 Å². The van der Waals surface area contributed by atoms with Gasteiger partial charge in [-0.3, -0.25) is 19.6 Å². The summed E-state index contributed by atoms with van der Waals surface area (Å²) in [4.78, 5) is 41.1. The first-order valence-corrected chi connectivity index (χ1v) is 17.8. The van der Waals surface area contributed by atoms with E-state index in [9.17, 15) is 4.79 Å². The van der Waals surface area contributed by atoms with Gasteiger partial charge in [0.05, 0.1) is 38.0 Å². The third kappa shape index (κ3) is 7.81. The molecule has 3 heterocycles. The zero-order valence-corrected chi connectivity index (χ0v) is 30.1. The summed E-state index contributed by atoms with van der Waals surface area (Å²) in [5.74, 6) is 6.74. The molecule has 9 nitrogen and oxygen atoms in total. The van der Waals surface area contributed by atoms with Crippen molar-refractivity contribution in [3.63, 3.8) is 0 Å². The standard InChI is InChI=1S/C42H47N5O4/c1-7-30-10-14-32(15-11-30)38-39(33-16-12-31(8-2)13-17-33)47(40(43-38)35-19-18-34(42(4,5)6)28-36(35)51-9-3)41(49)46-22-20-44(21-23-46)29-37(48)45-24-26-50-27-25-45/h1-2,10-19,28,38-39H,9,20-27,29H2,3-6H3/t38-,39-/m1/s1. The zero-order chi connectivity index (χ0) is 36.1. The van der Waals surface area contributed by atoms with E-state index in [1.165, 1.54) is 0 Å². The van der Waals surface area contributed by atoms with Crippen LogP contribution in [-0.2, 0) is 14.9 Å². The number of ether oxygens (including phenoxy) is 2. The molecule has 3 aliphatic heterocycles. The van der Waals surface area contributed by atoms with Crippen LogP contribution in [-0.4, -0.2) is 103 Å². The number of piperazine rings is 1. The van der Waals surface area contributed by atoms with Crippen molar-refractivity contribution in [2.45, 2.75) is 45.2 Å². The molecule has 0 aliphatic carbocycles. The molecular formula is C42H47N5O4. The number of hydrogen-bond donors (Lipinski definition) is 0. The molecule has 3 aromatic rings. The van der Waals surface area contributed by atoms with Crippen molar-refractivity contribution in [2.24, 2.45) is 4.99 Å². The van der Waals surface area contributed by atoms with Crippen LogP contribution in [0.3, 0.4) is 0 Å². The maximum atomic E-state index is 15.0. The molecule has 0 radical (unpaired) electrons. The van der Waals surface area contributed by atoms with Crippen molar-refractivity contribution in [1.29, 1.82) is 0 Å². The Morgan fingerprint density at radius 3 is 2.02 bits per heavy atom. The van der Waals surface area contributed by atoms with Gasteiger partial charge in [-0.2, -0.15) is 0 Å². The van der Waals surface area contributed by atoms with E-state index in [2.05, 4.69) is 49.6 Å². The van der Waals surface area contributed by atoms with Crippen molar-refractivity contribution in [1.82, 2.24) is 19.6 Å². The first-order valence-electron chi connectivity index (χ1n) is 17.8. The maximum Gasteiger partial charge on any atom is 0.326 e. The Balaban J connectivity index is 1.39. The lowest BCUT2D eigenvalue weighted by atomic mass is 9.86. The molecule has 0 unspecified atom stereocenters. The number of benzene rings is 3. The van der Waals surface area contributed by atoms with E-state index < -0.39 is 12.1 Å². The van der Waals surface area contributed by atoms with E-state index in [4.69, 9.17) is 27.3 Å². The van der Waals surface area contributed by atoms with Gasteiger partial charge in [0.15, 0.2) is 0 Å². The number of carbonyl (C=O) groups is 2. The van der Waals surface area contributed by atoms with Crippen LogP contribution < -0.4 is 4.74 Å². The SMILES string of the molecule is C#Cc1ccc([C@H]2N=C(c3ccc(C(C)(C)C)cc3OCC)N(C(=O)N3CCN(CC(=O)N4CCOCC4)CC3)[C@@H]2c2ccc(C#C)cc2)cc1. The Morgan fingerprint density at radius 2 is 1.45 bits per heavy atom. The Hall–Kier alpha value is -5.09. The molecule has 0 spiro atoms. The molecule has 51 heavy (non-hydrogen) atoms. The van der Waals surface area contributed by atoms with Gasteiger partial charge in [-0.1, -0.05) is 62.9 Å². The molecule has 264 valence electrons. The summed E-state index contributed by atoms with van der Waals surface area (Å²) in [6, 6.07) is 20.7. The van der Waals surface area contributed by atoms with Crippen LogP contribution in [0.15, 0.2) is 71.7 Å². The lowest BCUT2D eigenvalue weighted by Crippen LogP contribution is -2.56. The molecule has 3 amide bonds. The minimum absolute atomic E-state index is 0.100. The van der Waals surface area contributed by atoms with Gasteiger partial charge in [0, 0.05) is 50.4 Å². The highest BCUT2D eigenvalue weighted by atomic mass is 16.5. The van der Waals surface area contributed by atoms with Crippen LogP contribution in [0.4, 0.5) is 4.79 Å². The lowest BCUT2D eigenvalue weighted by molar-refractivity contribution is -0.136. The summed E-state index contributed by atoms with van der Waals surface area (Å²) < 4.78 is 11.7. The van der Waals surface area contributed by atoms with Gasteiger partial charge < -0.3 is 19.3 Å². The second-order valence-corrected chi connectivity index (χ2v) is 14.2. The van der Waals surface area contributed by atoms with Crippen molar-refractivity contribution < 1.29 is 19.1 Å². The average molecular weight is 686 g/mol. The molecule has 6 rings (SSSR count). The first kappa shape index (κ1) is 35.7. The van der Waals surface area contributed by atoms with E-state index in [0.29, 0.717) is 77.2 Å². The van der Waals surface area contributed by atoms with Gasteiger partial charge in [0.25, 0.3) is 0 Å². The van der Waals surface area contributed by atoms with Gasteiger partial charge in [-0.05, 0) is 65.4 Å². The third-order valence-corrected chi connectivity index (χ3v) is 9.86. The molecule has 0 bridgehead atoms. The molecular weight excluding hydrogens is 638 g/mol. The van der Waals surface area contributed by atoms with Crippen LogP contribution in [0.25, 0.3) is 0 Å². The average Bonchev–Trinajstić information content (AvgIpc) is 3.55. The van der Waals surface area contributed by atoms with Crippen LogP contribution >= 0.6 is 0 Å². The Labute approximate surface area is 302 Å². The van der Waals surface area contributed by atoms with Gasteiger partial charge in [0.2, 0.25) is 5.91 Å². The monoisotopic (exact) mass is 685 g/mol. The van der Waals surface area contributed by atoms with Gasteiger partial charge in [-0.25, -0.2) is 4.79 Å². The van der Waals surface area contributed by atoms with Crippen LogP contribution in [0.1, 0.15) is 73.2 Å². The van der Waals surface area contributed by atoms with E-state index in [1.54, 1.807) is 0 Å². The maximum absolute atomic E-state index is 15.0. The predicted molar refractivity (Wildman–Crippen MR) is 200 cm³/mol. The number of urea groups is 1. The van der Waals surface area contributed by atoms with Gasteiger partial charge >= 0.3 is 6.03 Å². The highest BCUT2D eigenvalue weighted by Crippen LogP contribution is 2.45. The summed E-state index contributed by atoms with van der Waals surface area (Å²) in [6.07, 6.45) is 11.4. The molecule has 0 N–H and O–H groups in total. The number of morpholine rings is 1. The number of nitrogens with zero attached hydrogens (tertiary/aromatic N) is 5. The van der Waals surface area contributed by atoms with Crippen molar-refractivity contribution in [3.05, 3.63) is 100 Å². The molecule has 3 aliphatic rings. The van der Waals surface area contributed by atoms with Crippen LogP contribution in [0.2, 0.25) is 0 Å². The number of terminal acetylenes is 2. The Bertz CT molecular complexity index is 1830. The van der Waals surface area contributed by atoms with Crippen LogP contribution in [0, 0.1) is 24.7 Å². The minimum atomic E-state index is -0.478. The number of amides is 3. The van der Waals surface area contributed by atoms with Gasteiger partial charge in [0.1, 0.15) is 17.6 Å². The number of rotatable bonds is 7. The Kier molecular flexibility index (Phi) is 10.8. The summed E-state index contributed by atoms with van der Waals surface area (Å²) in [5, 5.41) is 0. The second-order valence-electron chi connectivity index (χ2n) is 14.2. The smallest absolute Gasteiger partial charge is 0.326 e. The van der Waals surface area contributed by atoms with Crippen molar-refractivity contribution >= 4 is 17.8 Å². The summed E-state index contributed by atoms with van der Waals surface area (Å²) in [6.45, 7) is 13.8. The quantitative estimate of drug-likeness (QED) is 0.308. The number of hydrogen-bond acceptors (Lipinski definition) is 6. The van der Waals surface area contributed by atoms with Gasteiger partial charge in [-0.15, -0.1) is 12.8 Å². The fourth-order valence-corrected chi connectivity index (χ4v) is 6.89. The second kappa shape index (κ2) is 15.4. The van der Waals surface area contributed by atoms with E-state index >= 15 is 4.79 Å². The highest BCUT2D eigenvalue weighted by Gasteiger charge is 2.45. The Morgan fingerprint density at radius 1 is 0.843 bits per heavy atom. The lowest BCUT2D eigenvalue weighted by Gasteiger charge is -2.39. The van der Waals surface area contributed by atoms with E-state index in [1.807, 2.05) is 76.2 Å². The third-order valence-electron chi connectivity index (χ3n) is 9.86. The fourth-order valence-electron chi connectivity index (χ4n) is 6.89. The molecule has 0 saturated carbocycles. The van der Waals surface area contributed by atoms with E-state index in [0.717, 1.165) is 33.4 Å². The molecule has 2 saturated heterocycles. The fraction of sp³-hybridized carbons (Fsp3) is 0.405. The minimum Gasteiger partial charge on any atom is -0.493 e. The van der Waals surface area contributed by atoms with Crippen LogP contribution in [0.5, 0.6) is 5.75 Å². The predicted octanol–water partition coefficient (Wildman–Crippen LogP) is 5.49. The normalized spacial score (nSPS) is 19.6. The van der Waals surface area contributed by atoms with Crippen molar-refractivity contribution in [2.75, 3.05) is 65.6 Å².